The summed E-state index contributed by atoms with van der Waals surface area (Å²) in [6.07, 6.45) is 1.04. The maximum absolute atomic E-state index is 10.1. The van der Waals surface area contributed by atoms with Crippen molar-refractivity contribution in [2.24, 2.45) is 0 Å². The number of hydrogen-bond donors (Lipinski definition) is 1. The van der Waals surface area contributed by atoms with Gasteiger partial charge in [0, 0.05) is 26.1 Å². The van der Waals surface area contributed by atoms with Crippen molar-refractivity contribution in [1.29, 1.82) is 0 Å². The Morgan fingerprint density at radius 1 is 1.60 bits per heavy atom. The van der Waals surface area contributed by atoms with E-state index >= 15 is 0 Å². The summed E-state index contributed by atoms with van der Waals surface area (Å²) in [6, 6.07) is 0. The van der Waals surface area contributed by atoms with Gasteiger partial charge in [-0.05, 0) is 12.8 Å². The molecule has 0 spiro atoms. The minimum absolute atomic E-state index is 0. The van der Waals surface area contributed by atoms with Gasteiger partial charge in [-0.25, -0.2) is 4.79 Å². The van der Waals surface area contributed by atoms with E-state index in [1.165, 1.54) is 0 Å². The van der Waals surface area contributed by atoms with Crippen LogP contribution < -0.4 is 0 Å². The molecule has 1 aliphatic rings. The molecule has 1 N–H and O–H groups in total. The zero-order chi connectivity index (χ0) is 5.98. The number of carbonyl (C=O) groups is 1. The van der Waals surface area contributed by atoms with E-state index in [0.29, 0.717) is 13.0 Å². The fourth-order valence-electron chi connectivity index (χ4n) is 0.772. The zero-order valence-corrected chi connectivity index (χ0v) is 8.71. The van der Waals surface area contributed by atoms with E-state index < -0.39 is 12.1 Å². The molecule has 0 saturated carbocycles. The molecule has 52 valence electrons. The van der Waals surface area contributed by atoms with Crippen molar-refractivity contribution >= 4 is 14.4 Å². The molecule has 1 atom stereocenters. The molecule has 0 aromatic carbocycles. The first-order valence-corrected chi connectivity index (χ1v) is 2.65. The third-order valence-electron chi connectivity index (χ3n) is 1.21. The van der Waals surface area contributed by atoms with Gasteiger partial charge in [0.1, 0.15) is 0 Å². The predicted octanol–water partition coefficient (Wildman–Crippen LogP) is -0.133. The predicted molar refractivity (Wildman–Crippen MR) is 32.4 cm³/mol. The van der Waals surface area contributed by atoms with Crippen molar-refractivity contribution < 1.29 is 34.1 Å². The van der Waals surface area contributed by atoms with Crippen LogP contribution in [-0.2, 0) is 29.0 Å². The molecule has 1 unspecified atom stereocenters. The summed E-state index contributed by atoms with van der Waals surface area (Å²) in [6.45, 7) is 0.608. The summed E-state index contributed by atoms with van der Waals surface area (Å²) in [4.78, 5) is 10.1. The Morgan fingerprint density at radius 3 is 2.40 bits per heavy atom. The molecule has 0 bridgehead atoms. The monoisotopic (exact) mass is 191 g/mol. The number of ether oxygens (including phenoxy) is 1. The fraction of sp³-hybridized carbons (Fsp3) is 0.800. The molecule has 1 rings (SSSR count). The first kappa shape index (κ1) is 12.8. The second-order valence-corrected chi connectivity index (χ2v) is 1.84. The fourth-order valence-corrected chi connectivity index (χ4v) is 0.772. The van der Waals surface area contributed by atoms with Gasteiger partial charge < -0.3 is 18.3 Å². The maximum atomic E-state index is 10.1. The Morgan fingerprint density at radius 2 is 2.20 bits per heavy atom. The molecule has 4 radical (unpaired) electrons. The van der Waals surface area contributed by atoms with Gasteiger partial charge in [-0.2, -0.15) is 0 Å². The second-order valence-electron chi connectivity index (χ2n) is 1.84. The van der Waals surface area contributed by atoms with Gasteiger partial charge in [-0.3, -0.25) is 0 Å². The SMILES string of the molecule is O=C(O)C1CCCO1.[B-].[Zn]. The second kappa shape index (κ2) is 5.87. The van der Waals surface area contributed by atoms with Crippen molar-refractivity contribution in [2.45, 2.75) is 18.9 Å². The van der Waals surface area contributed by atoms with Gasteiger partial charge in [0.05, 0.1) is 0 Å². The van der Waals surface area contributed by atoms with Crippen LogP contribution in [0.4, 0.5) is 0 Å². The summed E-state index contributed by atoms with van der Waals surface area (Å²) in [5.41, 5.74) is 0. The summed E-state index contributed by atoms with van der Waals surface area (Å²) >= 11 is 0. The van der Waals surface area contributed by atoms with Crippen molar-refractivity contribution in [3.63, 3.8) is 0 Å². The molecule has 0 aliphatic carbocycles. The molecule has 0 aromatic heterocycles. The van der Waals surface area contributed by atoms with Crippen molar-refractivity contribution in [3.05, 3.63) is 0 Å². The average Bonchev–Trinajstić information content (AvgIpc) is 2.12. The Labute approximate surface area is 74.5 Å². The molecule has 1 aliphatic heterocycles. The number of aliphatic carboxylic acids is 1. The summed E-state index contributed by atoms with van der Waals surface area (Å²) < 4.78 is 4.81. The minimum Gasteiger partial charge on any atom is -1.00 e. The molecule has 1 heterocycles. The Balaban J connectivity index is 0. The van der Waals surface area contributed by atoms with Gasteiger partial charge in [0.25, 0.3) is 0 Å². The van der Waals surface area contributed by atoms with Gasteiger partial charge >= 0.3 is 5.97 Å². The molecular weight excluding hydrogens is 184 g/mol. The van der Waals surface area contributed by atoms with Crippen LogP contribution in [0.25, 0.3) is 0 Å². The largest absolute Gasteiger partial charge is 1.00 e. The number of hydrogen-bond acceptors (Lipinski definition) is 2. The van der Waals surface area contributed by atoms with Crippen LogP contribution in [0, 0.1) is 0 Å². The van der Waals surface area contributed by atoms with E-state index in [9.17, 15) is 4.79 Å². The van der Waals surface area contributed by atoms with E-state index in [2.05, 4.69) is 0 Å². The van der Waals surface area contributed by atoms with Crippen LogP contribution in [0.5, 0.6) is 0 Å². The van der Waals surface area contributed by atoms with Gasteiger partial charge in [0.2, 0.25) is 0 Å². The molecule has 3 nitrogen and oxygen atoms in total. The Bertz CT molecular complexity index is 103. The molecule has 0 amide bonds. The van der Waals surface area contributed by atoms with Crippen LogP contribution in [0.2, 0.25) is 0 Å². The van der Waals surface area contributed by atoms with Crippen LogP contribution in [0.15, 0.2) is 0 Å². The molecule has 1 saturated heterocycles. The third kappa shape index (κ3) is 3.33. The van der Waals surface area contributed by atoms with Crippen molar-refractivity contribution in [3.8, 4) is 0 Å². The first-order chi connectivity index (χ1) is 3.80. The smallest absolute Gasteiger partial charge is 0.332 e. The van der Waals surface area contributed by atoms with E-state index in [1.807, 2.05) is 0 Å². The number of rotatable bonds is 1. The minimum atomic E-state index is -0.831. The molecule has 10 heavy (non-hydrogen) atoms. The molecule has 1 fully saturated rings. The topological polar surface area (TPSA) is 46.5 Å². The Hall–Kier alpha value is 0.118. The van der Waals surface area contributed by atoms with E-state index in [0.717, 1.165) is 6.42 Å². The van der Waals surface area contributed by atoms with Crippen molar-refractivity contribution in [2.75, 3.05) is 6.61 Å². The van der Waals surface area contributed by atoms with Crippen LogP contribution >= 0.6 is 0 Å². The standard InChI is InChI=1S/C5H8O3.B.Zn/c6-5(7)4-2-1-3-8-4;;/h4H,1-3H2,(H,6,7);;/q;-1;. The quantitative estimate of drug-likeness (QED) is 0.589. The molecule has 5 heteroatoms. The third-order valence-corrected chi connectivity index (χ3v) is 1.21. The zero-order valence-electron chi connectivity index (χ0n) is 5.75. The van der Waals surface area contributed by atoms with Gasteiger partial charge in [-0.1, -0.05) is 0 Å². The van der Waals surface area contributed by atoms with Crippen LogP contribution in [0.3, 0.4) is 0 Å². The number of carboxylic acids is 1. The summed E-state index contributed by atoms with van der Waals surface area (Å²) in [5, 5.41) is 8.29. The van der Waals surface area contributed by atoms with Gasteiger partial charge in [0.15, 0.2) is 6.10 Å². The van der Waals surface area contributed by atoms with E-state index in [-0.39, 0.29) is 27.9 Å². The van der Waals surface area contributed by atoms with Crippen LogP contribution in [-0.4, -0.2) is 32.2 Å². The summed E-state index contributed by atoms with van der Waals surface area (Å²) in [7, 11) is 0. The van der Waals surface area contributed by atoms with Crippen LogP contribution in [0.1, 0.15) is 12.8 Å². The van der Waals surface area contributed by atoms with Crippen molar-refractivity contribution in [1.82, 2.24) is 0 Å². The average molecular weight is 192 g/mol. The van der Waals surface area contributed by atoms with E-state index in [1.54, 1.807) is 0 Å². The summed E-state index contributed by atoms with van der Waals surface area (Å²) in [5.74, 6) is -0.831. The molecular formula is C5H8BO3Zn-. The molecule has 0 aromatic rings. The van der Waals surface area contributed by atoms with E-state index in [4.69, 9.17) is 9.84 Å². The van der Waals surface area contributed by atoms with Gasteiger partial charge in [-0.15, -0.1) is 0 Å². The normalized spacial score (nSPS) is 22.6. The number of carboxylic acid groups (broad SMARTS) is 1. The first-order valence-electron chi connectivity index (χ1n) is 2.65. The maximum Gasteiger partial charge on any atom is 0.332 e. The Kier molecular flexibility index (Phi) is 7.49.